The zero-order valence-electron chi connectivity index (χ0n) is 8.54. The van der Waals surface area contributed by atoms with E-state index in [-0.39, 0.29) is 11.6 Å². The van der Waals surface area contributed by atoms with Gasteiger partial charge in [0.15, 0.2) is 0 Å². The molecule has 2 heterocycles. The Morgan fingerprint density at radius 1 is 1.35 bits per heavy atom. The first kappa shape index (κ1) is 9.52. The van der Waals surface area contributed by atoms with Crippen LogP contribution in [0.5, 0.6) is 0 Å². The Hall–Kier alpha value is -2.70. The maximum Gasteiger partial charge on any atom is 0.285 e. The Morgan fingerprint density at radius 2 is 2.18 bits per heavy atom. The molecule has 0 fully saturated rings. The minimum absolute atomic E-state index is 0.0348. The van der Waals surface area contributed by atoms with Gasteiger partial charge >= 0.3 is 0 Å². The van der Waals surface area contributed by atoms with Crippen molar-refractivity contribution in [1.29, 1.82) is 0 Å². The number of carbonyl (C=O) groups is 1. The molecular formula is C10H7N5O2. The fourth-order valence-corrected chi connectivity index (χ4v) is 1.71. The average Bonchev–Trinajstić information content (AvgIpc) is 2.94. The quantitative estimate of drug-likeness (QED) is 0.672. The Labute approximate surface area is 94.6 Å². The van der Waals surface area contributed by atoms with Crippen LogP contribution in [0.1, 0.15) is 10.6 Å². The van der Waals surface area contributed by atoms with Crippen molar-refractivity contribution in [3.8, 4) is 11.4 Å². The van der Waals surface area contributed by atoms with E-state index in [0.717, 1.165) is 5.39 Å². The molecule has 0 radical (unpaired) electrons. The third-order valence-corrected chi connectivity index (χ3v) is 2.39. The summed E-state index contributed by atoms with van der Waals surface area (Å²) in [6.07, 6.45) is 0. The summed E-state index contributed by atoms with van der Waals surface area (Å²) >= 11 is 0. The minimum Gasteiger partial charge on any atom is -0.450 e. The lowest BCUT2D eigenvalue weighted by atomic mass is 10.1. The highest BCUT2D eigenvalue weighted by Crippen LogP contribution is 2.31. The van der Waals surface area contributed by atoms with Crippen LogP contribution in [-0.4, -0.2) is 26.5 Å². The van der Waals surface area contributed by atoms with Gasteiger partial charge in [-0.15, -0.1) is 10.2 Å². The van der Waals surface area contributed by atoms with Crippen LogP contribution in [0.15, 0.2) is 28.7 Å². The molecule has 0 unspecified atom stereocenters. The van der Waals surface area contributed by atoms with E-state index in [9.17, 15) is 4.79 Å². The van der Waals surface area contributed by atoms with Crippen LogP contribution in [0.25, 0.3) is 22.4 Å². The molecule has 0 spiro atoms. The second kappa shape index (κ2) is 3.41. The summed E-state index contributed by atoms with van der Waals surface area (Å²) in [5, 5.41) is 14.2. The number of carbonyl (C=O) groups excluding carboxylic acids is 1. The maximum absolute atomic E-state index is 11.3. The predicted molar refractivity (Wildman–Crippen MR) is 57.9 cm³/mol. The normalized spacial score (nSPS) is 10.8. The molecule has 0 aliphatic heterocycles. The Morgan fingerprint density at radius 3 is 2.88 bits per heavy atom. The molecule has 3 N–H and O–H groups in total. The van der Waals surface area contributed by atoms with E-state index in [1.54, 1.807) is 18.2 Å². The molecule has 0 saturated heterocycles. The Kier molecular flexibility index (Phi) is 1.91. The largest absolute Gasteiger partial charge is 0.450 e. The lowest BCUT2D eigenvalue weighted by Crippen LogP contribution is -2.11. The molecule has 2 aromatic heterocycles. The molecule has 7 nitrogen and oxygen atoms in total. The van der Waals surface area contributed by atoms with E-state index in [1.165, 1.54) is 0 Å². The number of H-pyrrole nitrogens is 1. The van der Waals surface area contributed by atoms with Crippen LogP contribution in [0.2, 0.25) is 0 Å². The van der Waals surface area contributed by atoms with Crippen LogP contribution >= 0.6 is 0 Å². The van der Waals surface area contributed by atoms with Crippen molar-refractivity contribution >= 4 is 16.9 Å². The number of aromatic nitrogens is 4. The van der Waals surface area contributed by atoms with Crippen LogP contribution in [0.4, 0.5) is 0 Å². The maximum atomic E-state index is 11.3. The van der Waals surface area contributed by atoms with Gasteiger partial charge in [0.25, 0.3) is 5.91 Å². The first-order chi connectivity index (χ1) is 8.27. The van der Waals surface area contributed by atoms with Crippen molar-refractivity contribution in [2.45, 2.75) is 0 Å². The summed E-state index contributed by atoms with van der Waals surface area (Å²) < 4.78 is 5.39. The molecular weight excluding hydrogens is 222 g/mol. The second-order valence-corrected chi connectivity index (χ2v) is 3.40. The third kappa shape index (κ3) is 1.36. The number of fused-ring (bicyclic) bond motifs is 1. The van der Waals surface area contributed by atoms with Gasteiger partial charge in [-0.25, -0.2) is 0 Å². The summed E-state index contributed by atoms with van der Waals surface area (Å²) in [4.78, 5) is 11.3. The molecule has 84 valence electrons. The van der Waals surface area contributed by atoms with Gasteiger partial charge in [-0.3, -0.25) is 4.79 Å². The van der Waals surface area contributed by atoms with E-state index in [1.807, 2.05) is 6.07 Å². The number of rotatable bonds is 2. The van der Waals surface area contributed by atoms with E-state index in [0.29, 0.717) is 11.1 Å². The molecule has 0 saturated carbocycles. The van der Waals surface area contributed by atoms with Gasteiger partial charge in [0.2, 0.25) is 11.6 Å². The number of amides is 1. The van der Waals surface area contributed by atoms with Gasteiger partial charge in [-0.05, 0) is 11.3 Å². The van der Waals surface area contributed by atoms with Crippen molar-refractivity contribution in [2.24, 2.45) is 5.73 Å². The fraction of sp³-hybridized carbons (Fsp3) is 0. The first-order valence-corrected chi connectivity index (χ1v) is 4.82. The number of para-hydroxylation sites is 1. The molecule has 0 aliphatic carbocycles. The summed E-state index contributed by atoms with van der Waals surface area (Å²) in [5.41, 5.74) is 6.28. The third-order valence-electron chi connectivity index (χ3n) is 2.39. The predicted octanol–water partition coefficient (Wildman–Crippen LogP) is 0.712. The van der Waals surface area contributed by atoms with E-state index in [2.05, 4.69) is 20.6 Å². The molecule has 17 heavy (non-hydrogen) atoms. The number of hydrogen-bond donors (Lipinski definition) is 2. The zero-order valence-corrected chi connectivity index (χ0v) is 8.54. The lowest BCUT2D eigenvalue weighted by molar-refractivity contribution is 0.0977. The number of nitrogens with zero attached hydrogens (tertiary/aromatic N) is 3. The monoisotopic (exact) mass is 229 g/mol. The highest BCUT2D eigenvalue weighted by molar-refractivity contribution is 6.06. The van der Waals surface area contributed by atoms with E-state index < -0.39 is 5.91 Å². The van der Waals surface area contributed by atoms with Gasteiger partial charge < -0.3 is 10.2 Å². The Balaban J connectivity index is 2.40. The van der Waals surface area contributed by atoms with E-state index in [4.69, 9.17) is 10.2 Å². The average molecular weight is 229 g/mol. The van der Waals surface area contributed by atoms with Crippen molar-refractivity contribution in [1.82, 2.24) is 20.6 Å². The Bertz CT molecular complexity index is 686. The zero-order chi connectivity index (χ0) is 11.8. The van der Waals surface area contributed by atoms with Gasteiger partial charge in [0.1, 0.15) is 5.58 Å². The van der Waals surface area contributed by atoms with Crippen molar-refractivity contribution in [3.63, 3.8) is 0 Å². The summed E-state index contributed by atoms with van der Waals surface area (Å²) in [6.45, 7) is 0. The number of nitrogens with one attached hydrogen (secondary N) is 1. The second-order valence-electron chi connectivity index (χ2n) is 3.40. The molecule has 0 aliphatic rings. The van der Waals surface area contributed by atoms with Crippen LogP contribution in [-0.2, 0) is 0 Å². The molecule has 0 bridgehead atoms. The molecule has 3 aromatic rings. The topological polar surface area (TPSA) is 111 Å². The number of furan rings is 1. The molecule has 1 amide bonds. The number of primary amides is 1. The number of tetrazole rings is 1. The number of hydrogen-bond acceptors (Lipinski definition) is 5. The van der Waals surface area contributed by atoms with Crippen molar-refractivity contribution in [3.05, 3.63) is 30.0 Å². The molecule has 3 rings (SSSR count). The standard InChI is InChI=1S/C10H7N5O2/c11-9(16)8-7(10-12-14-15-13-10)5-3-1-2-4-6(5)17-8/h1-4H,(H2,11,16)(H,12,13,14,15). The van der Waals surface area contributed by atoms with Gasteiger partial charge in [0, 0.05) is 5.39 Å². The molecule has 0 atom stereocenters. The number of nitrogens with two attached hydrogens (primary N) is 1. The minimum atomic E-state index is -0.666. The summed E-state index contributed by atoms with van der Waals surface area (Å²) in [5.74, 6) is -0.350. The smallest absolute Gasteiger partial charge is 0.285 e. The first-order valence-electron chi connectivity index (χ1n) is 4.82. The van der Waals surface area contributed by atoms with Crippen molar-refractivity contribution < 1.29 is 9.21 Å². The van der Waals surface area contributed by atoms with Crippen LogP contribution in [0, 0.1) is 0 Å². The molecule has 7 heteroatoms. The van der Waals surface area contributed by atoms with Crippen molar-refractivity contribution in [2.75, 3.05) is 0 Å². The van der Waals surface area contributed by atoms with Gasteiger partial charge in [-0.2, -0.15) is 5.21 Å². The highest BCUT2D eigenvalue weighted by atomic mass is 16.3. The van der Waals surface area contributed by atoms with Crippen LogP contribution in [0.3, 0.4) is 0 Å². The number of aromatic amines is 1. The summed E-state index contributed by atoms with van der Waals surface area (Å²) in [7, 11) is 0. The fourth-order valence-electron chi connectivity index (χ4n) is 1.71. The number of benzene rings is 1. The highest BCUT2D eigenvalue weighted by Gasteiger charge is 2.22. The molecule has 1 aromatic carbocycles. The van der Waals surface area contributed by atoms with Gasteiger partial charge in [0.05, 0.1) is 5.56 Å². The van der Waals surface area contributed by atoms with E-state index >= 15 is 0 Å². The van der Waals surface area contributed by atoms with Crippen LogP contribution < -0.4 is 5.73 Å². The SMILES string of the molecule is NC(=O)c1oc2ccccc2c1-c1nn[nH]n1. The summed E-state index contributed by atoms with van der Waals surface area (Å²) in [6, 6.07) is 7.17. The van der Waals surface area contributed by atoms with Gasteiger partial charge in [-0.1, -0.05) is 18.2 Å². The lowest BCUT2D eigenvalue weighted by Gasteiger charge is -1.92.